The Balaban J connectivity index is 2.26. The van der Waals surface area contributed by atoms with Crippen LogP contribution in [0.4, 0.5) is 0 Å². The van der Waals surface area contributed by atoms with Gasteiger partial charge in [-0.3, -0.25) is 4.57 Å². The summed E-state index contributed by atoms with van der Waals surface area (Å²) < 4.78 is 32.4. The largest absolute Gasteiger partial charge is 0.756 e. The molecule has 1 heterocycles. The molecular formula is C11H24NO6P. The first-order valence-corrected chi connectivity index (χ1v) is 7.68. The SMILES string of the molecule is CC1(C)OCC(COP(=O)([O-])OCC[N+](C)(C)C)O1. The number of hydrogen-bond donors (Lipinski definition) is 0. The van der Waals surface area contributed by atoms with Crippen molar-refractivity contribution in [3.63, 3.8) is 0 Å². The first-order chi connectivity index (χ1) is 8.49. The number of hydrogen-bond acceptors (Lipinski definition) is 6. The van der Waals surface area contributed by atoms with Gasteiger partial charge in [-0.05, 0) is 13.8 Å². The van der Waals surface area contributed by atoms with Gasteiger partial charge in [0, 0.05) is 0 Å². The highest BCUT2D eigenvalue weighted by molar-refractivity contribution is 7.45. The summed E-state index contributed by atoms with van der Waals surface area (Å²) in [5.41, 5.74) is 0. The zero-order valence-electron chi connectivity index (χ0n) is 12.2. The van der Waals surface area contributed by atoms with E-state index in [0.717, 1.165) is 0 Å². The molecule has 7 nitrogen and oxygen atoms in total. The molecule has 0 aromatic rings. The second-order valence-corrected chi connectivity index (χ2v) is 7.45. The number of quaternary nitrogens is 1. The number of phosphoric ester groups is 1. The van der Waals surface area contributed by atoms with Gasteiger partial charge in [-0.15, -0.1) is 0 Å². The monoisotopic (exact) mass is 297 g/mol. The van der Waals surface area contributed by atoms with Crippen LogP contribution in [0.3, 0.4) is 0 Å². The number of ether oxygens (including phenoxy) is 2. The minimum absolute atomic E-state index is 0.0887. The van der Waals surface area contributed by atoms with Crippen LogP contribution in [0.25, 0.3) is 0 Å². The molecule has 1 fully saturated rings. The zero-order chi connectivity index (χ0) is 14.7. The van der Waals surface area contributed by atoms with E-state index in [-0.39, 0.29) is 19.3 Å². The van der Waals surface area contributed by atoms with Crippen molar-refractivity contribution in [3.05, 3.63) is 0 Å². The summed E-state index contributed by atoms with van der Waals surface area (Å²) in [5.74, 6) is -0.689. The average molecular weight is 297 g/mol. The molecule has 0 amide bonds. The smallest absolute Gasteiger partial charge is 0.268 e. The molecule has 8 heteroatoms. The van der Waals surface area contributed by atoms with Gasteiger partial charge in [0.15, 0.2) is 5.79 Å². The van der Waals surface area contributed by atoms with E-state index in [1.54, 1.807) is 13.8 Å². The van der Waals surface area contributed by atoms with Crippen molar-refractivity contribution in [1.82, 2.24) is 0 Å². The molecule has 0 spiro atoms. The molecule has 1 aliphatic heterocycles. The van der Waals surface area contributed by atoms with E-state index in [2.05, 4.69) is 0 Å². The highest BCUT2D eigenvalue weighted by atomic mass is 31.2. The summed E-state index contributed by atoms with van der Waals surface area (Å²) >= 11 is 0. The summed E-state index contributed by atoms with van der Waals surface area (Å²) in [6.07, 6.45) is -0.390. The Morgan fingerprint density at radius 3 is 2.47 bits per heavy atom. The lowest BCUT2D eigenvalue weighted by atomic mass is 10.4. The number of nitrogens with zero attached hydrogens (tertiary/aromatic N) is 1. The van der Waals surface area contributed by atoms with Crippen molar-refractivity contribution >= 4 is 7.82 Å². The quantitative estimate of drug-likeness (QED) is 0.498. The Morgan fingerprint density at radius 1 is 1.37 bits per heavy atom. The summed E-state index contributed by atoms with van der Waals surface area (Å²) in [6.45, 7) is 4.42. The van der Waals surface area contributed by atoms with Crippen LogP contribution in [0, 0.1) is 0 Å². The lowest BCUT2D eigenvalue weighted by Gasteiger charge is -2.27. The first kappa shape index (κ1) is 17.0. The summed E-state index contributed by atoms with van der Waals surface area (Å²) in [7, 11) is 1.58. The molecule has 19 heavy (non-hydrogen) atoms. The molecule has 1 rings (SSSR count). The van der Waals surface area contributed by atoms with Crippen LogP contribution >= 0.6 is 7.82 Å². The number of rotatable bonds is 7. The van der Waals surface area contributed by atoms with Crippen molar-refractivity contribution in [3.8, 4) is 0 Å². The fourth-order valence-corrected chi connectivity index (χ4v) is 2.21. The fraction of sp³-hybridized carbons (Fsp3) is 1.00. The molecular weight excluding hydrogens is 273 g/mol. The fourth-order valence-electron chi connectivity index (χ4n) is 1.48. The Kier molecular flexibility index (Phi) is 5.54. The minimum Gasteiger partial charge on any atom is -0.756 e. The third-order valence-electron chi connectivity index (χ3n) is 2.50. The predicted octanol–water partition coefficient (Wildman–Crippen LogP) is 0.346. The highest BCUT2D eigenvalue weighted by Gasteiger charge is 2.33. The van der Waals surface area contributed by atoms with Gasteiger partial charge in [0.05, 0.1) is 34.4 Å². The van der Waals surface area contributed by atoms with Crippen LogP contribution in [-0.4, -0.2) is 63.9 Å². The van der Waals surface area contributed by atoms with Crippen LogP contribution in [0.15, 0.2) is 0 Å². The Morgan fingerprint density at radius 2 is 2.00 bits per heavy atom. The lowest BCUT2D eigenvalue weighted by Crippen LogP contribution is -2.37. The van der Waals surface area contributed by atoms with Gasteiger partial charge < -0.3 is 27.9 Å². The normalized spacial score (nSPS) is 26.3. The Hall–Kier alpha value is -0.0100. The summed E-state index contributed by atoms with van der Waals surface area (Å²) in [6, 6.07) is 0. The van der Waals surface area contributed by atoms with E-state index < -0.39 is 13.6 Å². The average Bonchev–Trinajstić information content (AvgIpc) is 2.53. The third-order valence-corrected chi connectivity index (χ3v) is 3.46. The molecule has 0 saturated carbocycles. The summed E-state index contributed by atoms with van der Waals surface area (Å²) in [4.78, 5) is 11.5. The van der Waals surface area contributed by atoms with Crippen LogP contribution in [0.5, 0.6) is 0 Å². The molecule has 0 radical (unpaired) electrons. The van der Waals surface area contributed by atoms with E-state index in [9.17, 15) is 9.46 Å². The molecule has 2 unspecified atom stereocenters. The first-order valence-electron chi connectivity index (χ1n) is 6.21. The number of phosphoric acid groups is 1. The van der Waals surface area contributed by atoms with Crippen LogP contribution < -0.4 is 4.89 Å². The van der Waals surface area contributed by atoms with Crippen LogP contribution in [-0.2, 0) is 23.1 Å². The summed E-state index contributed by atoms with van der Waals surface area (Å²) in [5, 5.41) is 0. The Labute approximate surface area is 114 Å². The van der Waals surface area contributed by atoms with E-state index in [4.69, 9.17) is 18.5 Å². The minimum atomic E-state index is -4.27. The molecule has 2 atom stereocenters. The second-order valence-electron chi connectivity index (χ2n) is 6.04. The van der Waals surface area contributed by atoms with Gasteiger partial charge in [0.2, 0.25) is 0 Å². The van der Waals surface area contributed by atoms with Gasteiger partial charge in [-0.2, -0.15) is 0 Å². The van der Waals surface area contributed by atoms with Gasteiger partial charge in [0.1, 0.15) is 19.3 Å². The van der Waals surface area contributed by atoms with E-state index in [0.29, 0.717) is 17.6 Å². The van der Waals surface area contributed by atoms with Gasteiger partial charge in [-0.25, -0.2) is 0 Å². The van der Waals surface area contributed by atoms with E-state index >= 15 is 0 Å². The van der Waals surface area contributed by atoms with Crippen molar-refractivity contribution < 1.29 is 32.5 Å². The second kappa shape index (κ2) is 6.18. The van der Waals surface area contributed by atoms with Gasteiger partial charge >= 0.3 is 0 Å². The van der Waals surface area contributed by atoms with Crippen molar-refractivity contribution in [2.24, 2.45) is 0 Å². The lowest BCUT2D eigenvalue weighted by molar-refractivity contribution is -0.870. The predicted molar refractivity (Wildman–Crippen MR) is 67.3 cm³/mol. The molecule has 0 aromatic heterocycles. The zero-order valence-corrected chi connectivity index (χ0v) is 13.1. The third kappa shape index (κ3) is 7.37. The van der Waals surface area contributed by atoms with Crippen LogP contribution in [0.1, 0.15) is 13.8 Å². The molecule has 0 bridgehead atoms. The van der Waals surface area contributed by atoms with Gasteiger partial charge in [0.25, 0.3) is 7.82 Å². The molecule has 114 valence electrons. The topological polar surface area (TPSA) is 77.1 Å². The van der Waals surface area contributed by atoms with Crippen molar-refractivity contribution in [2.75, 3.05) is 47.5 Å². The maximum atomic E-state index is 11.5. The highest BCUT2D eigenvalue weighted by Crippen LogP contribution is 2.39. The van der Waals surface area contributed by atoms with E-state index in [1.165, 1.54) is 0 Å². The van der Waals surface area contributed by atoms with Crippen molar-refractivity contribution in [1.29, 1.82) is 0 Å². The van der Waals surface area contributed by atoms with Gasteiger partial charge in [-0.1, -0.05) is 0 Å². The molecule has 0 aliphatic carbocycles. The molecule has 0 N–H and O–H groups in total. The molecule has 0 aromatic carbocycles. The number of likely N-dealkylation sites (N-methyl/N-ethyl adjacent to an activating group) is 1. The Bertz CT molecular complexity index is 341. The standard InChI is InChI=1S/C11H24NO6P/c1-11(2)15-8-10(18-11)9-17-19(13,14)16-7-6-12(3,4)5/h10H,6-9H2,1-5H3. The molecule has 1 aliphatic rings. The molecule has 1 saturated heterocycles. The van der Waals surface area contributed by atoms with Crippen molar-refractivity contribution in [2.45, 2.75) is 25.7 Å². The van der Waals surface area contributed by atoms with E-state index in [1.807, 2.05) is 21.1 Å². The maximum Gasteiger partial charge on any atom is 0.268 e. The maximum absolute atomic E-state index is 11.5. The van der Waals surface area contributed by atoms with Crippen LogP contribution in [0.2, 0.25) is 0 Å².